The normalized spacial score (nSPS) is 13.8. The van der Waals surface area contributed by atoms with Gasteiger partial charge in [-0.15, -0.1) is 0 Å². The van der Waals surface area contributed by atoms with Crippen LogP contribution in [0.15, 0.2) is 30.3 Å². The summed E-state index contributed by atoms with van der Waals surface area (Å²) in [5.74, 6) is 0. The van der Waals surface area contributed by atoms with E-state index in [4.69, 9.17) is 0 Å². The lowest BCUT2D eigenvalue weighted by Gasteiger charge is -2.19. The van der Waals surface area contributed by atoms with Crippen molar-refractivity contribution in [2.24, 2.45) is 7.05 Å². The number of rotatable bonds is 5. The molecule has 2 aromatic heterocycles. The summed E-state index contributed by atoms with van der Waals surface area (Å²) in [4.78, 5) is 3.21. The minimum absolute atomic E-state index is 0.184. The number of nitrogens with zero attached hydrogens (tertiary/aromatic N) is 3. The number of para-hydroxylation sites is 1. The Morgan fingerprint density at radius 3 is 2.37 bits per heavy atom. The second-order valence-electron chi connectivity index (χ2n) is 6.84. The molecule has 3 rings (SSSR count). The van der Waals surface area contributed by atoms with Crippen LogP contribution >= 0.6 is 0 Å². The summed E-state index contributed by atoms with van der Waals surface area (Å²) >= 11 is 0. The molecule has 5 nitrogen and oxygen atoms in total. The maximum atomic E-state index is 13.3. The van der Waals surface area contributed by atoms with Crippen molar-refractivity contribution < 1.29 is 31.4 Å². The van der Waals surface area contributed by atoms with Crippen LogP contribution in [-0.4, -0.2) is 26.4 Å². The highest BCUT2D eigenvalue weighted by atomic mass is 19.4. The van der Waals surface area contributed by atoms with Gasteiger partial charge in [0.2, 0.25) is 0 Å². The van der Waals surface area contributed by atoms with Crippen LogP contribution in [0.3, 0.4) is 0 Å². The van der Waals surface area contributed by atoms with Crippen molar-refractivity contribution in [1.82, 2.24) is 20.1 Å². The third-order valence-corrected chi connectivity index (χ3v) is 4.57. The first-order valence-electron chi connectivity index (χ1n) is 8.84. The number of aliphatic hydroxyl groups excluding tert-OH is 1. The van der Waals surface area contributed by atoms with Crippen LogP contribution in [0, 0.1) is 6.92 Å². The summed E-state index contributed by atoms with van der Waals surface area (Å²) < 4.78 is 81.3. The van der Waals surface area contributed by atoms with E-state index in [1.54, 1.807) is 24.7 Å². The molecule has 0 spiro atoms. The van der Waals surface area contributed by atoms with Crippen LogP contribution in [0.4, 0.5) is 26.3 Å². The Balaban J connectivity index is 1.97. The molecule has 3 aromatic rings. The van der Waals surface area contributed by atoms with Gasteiger partial charge in [-0.05, 0) is 30.7 Å². The fourth-order valence-corrected chi connectivity index (χ4v) is 3.20. The molecule has 0 bridgehead atoms. The number of fused-ring (bicyclic) bond motifs is 1. The lowest BCUT2D eigenvalue weighted by molar-refractivity contribution is -0.142. The van der Waals surface area contributed by atoms with Crippen molar-refractivity contribution in [3.8, 4) is 0 Å². The Labute approximate surface area is 167 Å². The first-order valence-corrected chi connectivity index (χ1v) is 8.84. The minimum atomic E-state index is -4.97. The topological polar surface area (TPSA) is 63.0 Å². The molecule has 1 aromatic carbocycles. The van der Waals surface area contributed by atoms with E-state index < -0.39 is 35.2 Å². The number of aryl methyl sites for hydroxylation is 2. The SMILES string of the molecule is Cc1cc(CNCC(O)c2cc(C(F)(F)F)nc3c(C(F)(F)F)cccc23)n(C)n1. The molecule has 0 aliphatic heterocycles. The second-order valence-corrected chi connectivity index (χ2v) is 6.84. The number of halogens is 6. The smallest absolute Gasteiger partial charge is 0.387 e. The molecule has 11 heteroatoms. The Morgan fingerprint density at radius 1 is 1.10 bits per heavy atom. The molecule has 0 saturated carbocycles. The van der Waals surface area contributed by atoms with E-state index in [0.717, 1.165) is 17.5 Å². The fraction of sp³-hybridized carbons (Fsp3) is 0.368. The number of nitrogens with one attached hydrogen (secondary N) is 1. The number of pyridine rings is 1. The number of aliphatic hydroxyl groups is 1. The number of hydrogen-bond donors (Lipinski definition) is 2. The fourth-order valence-electron chi connectivity index (χ4n) is 3.20. The maximum absolute atomic E-state index is 13.3. The standard InChI is InChI=1S/C19H18F6N4O/c1-10-6-11(29(2)28-10)8-26-9-15(30)13-7-16(19(23,24)25)27-17-12(13)4-3-5-14(17)18(20,21)22/h3-7,15,26,30H,8-9H2,1-2H3. The van der Waals surface area contributed by atoms with E-state index in [9.17, 15) is 31.4 Å². The highest BCUT2D eigenvalue weighted by molar-refractivity contribution is 5.86. The van der Waals surface area contributed by atoms with Gasteiger partial charge in [-0.3, -0.25) is 4.68 Å². The van der Waals surface area contributed by atoms with Crippen LogP contribution in [-0.2, 0) is 25.9 Å². The van der Waals surface area contributed by atoms with E-state index in [0.29, 0.717) is 12.1 Å². The van der Waals surface area contributed by atoms with Gasteiger partial charge in [0.15, 0.2) is 0 Å². The Bertz CT molecular complexity index is 1060. The molecule has 0 aliphatic rings. The molecule has 0 amide bonds. The van der Waals surface area contributed by atoms with Gasteiger partial charge >= 0.3 is 12.4 Å². The summed E-state index contributed by atoms with van der Waals surface area (Å²) in [5.41, 5.74) is -2.39. The summed E-state index contributed by atoms with van der Waals surface area (Å²) in [7, 11) is 1.71. The highest BCUT2D eigenvalue weighted by Gasteiger charge is 2.37. The maximum Gasteiger partial charge on any atom is 0.433 e. The van der Waals surface area contributed by atoms with Crippen molar-refractivity contribution in [1.29, 1.82) is 0 Å². The van der Waals surface area contributed by atoms with Crippen LogP contribution in [0.2, 0.25) is 0 Å². The van der Waals surface area contributed by atoms with Crippen molar-refractivity contribution in [3.05, 3.63) is 58.5 Å². The molecule has 0 radical (unpaired) electrons. The zero-order valence-electron chi connectivity index (χ0n) is 15.9. The lowest BCUT2D eigenvalue weighted by atomic mass is 9.99. The van der Waals surface area contributed by atoms with E-state index >= 15 is 0 Å². The van der Waals surface area contributed by atoms with Gasteiger partial charge in [0, 0.05) is 25.5 Å². The first-order chi connectivity index (χ1) is 13.9. The van der Waals surface area contributed by atoms with E-state index in [2.05, 4.69) is 15.4 Å². The lowest BCUT2D eigenvalue weighted by Crippen LogP contribution is -2.23. The zero-order valence-corrected chi connectivity index (χ0v) is 15.9. The third kappa shape index (κ3) is 4.57. The van der Waals surface area contributed by atoms with Crippen molar-refractivity contribution in [2.45, 2.75) is 31.9 Å². The zero-order chi connectivity index (χ0) is 22.3. The summed E-state index contributed by atoms with van der Waals surface area (Å²) in [5, 5.41) is 17.3. The monoisotopic (exact) mass is 432 g/mol. The van der Waals surface area contributed by atoms with Gasteiger partial charge in [-0.2, -0.15) is 31.4 Å². The van der Waals surface area contributed by atoms with Gasteiger partial charge in [0.05, 0.1) is 28.6 Å². The van der Waals surface area contributed by atoms with Gasteiger partial charge in [0.1, 0.15) is 5.69 Å². The largest absolute Gasteiger partial charge is 0.433 e. The van der Waals surface area contributed by atoms with E-state index in [1.807, 2.05) is 0 Å². The van der Waals surface area contributed by atoms with Crippen molar-refractivity contribution >= 4 is 10.9 Å². The molecule has 0 fully saturated rings. The average Bonchev–Trinajstić information content (AvgIpc) is 2.95. The second kappa shape index (κ2) is 7.88. The predicted molar refractivity (Wildman–Crippen MR) is 96.4 cm³/mol. The van der Waals surface area contributed by atoms with Gasteiger partial charge in [-0.1, -0.05) is 12.1 Å². The van der Waals surface area contributed by atoms with E-state index in [1.165, 1.54) is 6.07 Å². The summed E-state index contributed by atoms with van der Waals surface area (Å²) in [6, 6.07) is 5.32. The number of hydrogen-bond acceptors (Lipinski definition) is 4. The molecule has 30 heavy (non-hydrogen) atoms. The van der Waals surface area contributed by atoms with Gasteiger partial charge in [0.25, 0.3) is 0 Å². The van der Waals surface area contributed by atoms with Crippen LogP contribution < -0.4 is 5.32 Å². The molecular formula is C19H18F6N4O. The molecular weight excluding hydrogens is 414 g/mol. The third-order valence-electron chi connectivity index (χ3n) is 4.57. The van der Waals surface area contributed by atoms with E-state index in [-0.39, 0.29) is 24.0 Å². The van der Waals surface area contributed by atoms with Crippen LogP contribution in [0.1, 0.15) is 34.3 Å². The van der Waals surface area contributed by atoms with Crippen molar-refractivity contribution in [2.75, 3.05) is 6.54 Å². The number of aromatic nitrogens is 3. The molecule has 2 heterocycles. The molecule has 2 N–H and O–H groups in total. The number of benzene rings is 1. The Hall–Kier alpha value is -2.66. The van der Waals surface area contributed by atoms with Crippen LogP contribution in [0.5, 0.6) is 0 Å². The van der Waals surface area contributed by atoms with Gasteiger partial charge < -0.3 is 10.4 Å². The summed E-state index contributed by atoms with van der Waals surface area (Å²) in [6.07, 6.45) is -11.4. The molecule has 162 valence electrons. The molecule has 1 atom stereocenters. The number of alkyl halides is 6. The highest BCUT2D eigenvalue weighted by Crippen LogP contribution is 2.38. The van der Waals surface area contributed by atoms with Crippen molar-refractivity contribution in [3.63, 3.8) is 0 Å². The summed E-state index contributed by atoms with van der Waals surface area (Å²) in [6.45, 7) is 1.87. The van der Waals surface area contributed by atoms with Gasteiger partial charge in [-0.25, -0.2) is 4.98 Å². The predicted octanol–water partition coefficient (Wildman–Crippen LogP) is 4.14. The quantitative estimate of drug-likeness (QED) is 0.595. The minimum Gasteiger partial charge on any atom is -0.387 e. The van der Waals surface area contributed by atoms with Crippen LogP contribution in [0.25, 0.3) is 10.9 Å². The average molecular weight is 432 g/mol. The Kier molecular flexibility index (Phi) is 5.79. The Morgan fingerprint density at radius 2 is 1.80 bits per heavy atom. The first kappa shape index (κ1) is 22.0. The molecule has 0 saturated heterocycles. The molecule has 0 aliphatic carbocycles. The molecule has 1 unspecified atom stereocenters.